The van der Waals surface area contributed by atoms with Gasteiger partial charge in [-0.1, -0.05) is 35.9 Å². The van der Waals surface area contributed by atoms with Crippen LogP contribution in [0.15, 0.2) is 54.6 Å². The van der Waals surface area contributed by atoms with Crippen LogP contribution in [0.25, 0.3) is 10.9 Å². The number of nitrogens with zero attached hydrogens (tertiary/aromatic N) is 1. The van der Waals surface area contributed by atoms with Crippen molar-refractivity contribution in [2.45, 2.75) is 6.04 Å². The third-order valence-electron chi connectivity index (χ3n) is 3.23. The van der Waals surface area contributed by atoms with Crippen LogP contribution in [0.4, 0.5) is 4.39 Å². The van der Waals surface area contributed by atoms with Crippen molar-refractivity contribution in [3.63, 3.8) is 0 Å². The van der Waals surface area contributed by atoms with E-state index in [0.717, 1.165) is 10.9 Å². The van der Waals surface area contributed by atoms with Gasteiger partial charge in [-0.05, 0) is 35.9 Å². The minimum atomic E-state index is -0.553. The summed E-state index contributed by atoms with van der Waals surface area (Å²) in [4.78, 5) is 4.52. The minimum absolute atomic E-state index is 0.361. The Hall–Kier alpha value is -1.97. The Bertz CT molecular complexity index is 773. The Labute approximate surface area is 121 Å². The number of halogens is 2. The van der Waals surface area contributed by atoms with Crippen LogP contribution in [-0.2, 0) is 0 Å². The number of hydrogen-bond acceptors (Lipinski definition) is 2. The molecule has 3 rings (SSSR count). The number of nitrogens with two attached hydrogens (primary N) is 1. The number of rotatable bonds is 2. The van der Waals surface area contributed by atoms with E-state index in [1.807, 2.05) is 36.4 Å². The lowest BCUT2D eigenvalue weighted by Crippen LogP contribution is -2.14. The molecule has 1 atom stereocenters. The number of para-hydroxylation sites is 1. The molecule has 2 aromatic carbocycles. The van der Waals surface area contributed by atoms with Gasteiger partial charge in [0.25, 0.3) is 0 Å². The zero-order chi connectivity index (χ0) is 14.1. The molecule has 0 aliphatic heterocycles. The summed E-state index contributed by atoms with van der Waals surface area (Å²) in [5, 5.41) is 1.47. The smallest absolute Gasteiger partial charge is 0.123 e. The van der Waals surface area contributed by atoms with Crippen LogP contribution < -0.4 is 5.73 Å². The summed E-state index contributed by atoms with van der Waals surface area (Å²) in [7, 11) is 0. The molecule has 0 radical (unpaired) electrons. The van der Waals surface area contributed by atoms with E-state index >= 15 is 0 Å². The number of aromatic nitrogens is 1. The Balaban J connectivity index is 2.07. The maximum atomic E-state index is 13.3. The van der Waals surface area contributed by atoms with Gasteiger partial charge in [0.2, 0.25) is 0 Å². The number of pyridine rings is 1. The van der Waals surface area contributed by atoms with Crippen molar-refractivity contribution in [3.05, 3.63) is 76.7 Å². The van der Waals surface area contributed by atoms with Gasteiger partial charge in [0.05, 0.1) is 17.3 Å². The SMILES string of the molecule is NC(c1ccc2ccccc2n1)c1cc(F)ccc1Cl. The van der Waals surface area contributed by atoms with Gasteiger partial charge in [-0.3, -0.25) is 4.98 Å². The fourth-order valence-corrected chi connectivity index (χ4v) is 2.40. The quantitative estimate of drug-likeness (QED) is 0.771. The fraction of sp³-hybridized carbons (Fsp3) is 0.0625. The standard InChI is InChI=1S/C16H12ClFN2/c17-13-7-6-11(18)9-12(13)16(19)15-8-5-10-3-1-2-4-14(10)20-15/h1-9,16H,19H2. The molecule has 0 amide bonds. The van der Waals surface area contributed by atoms with Gasteiger partial charge in [-0.25, -0.2) is 4.39 Å². The first kappa shape index (κ1) is 13.0. The van der Waals surface area contributed by atoms with Gasteiger partial charge in [-0.15, -0.1) is 0 Å². The van der Waals surface area contributed by atoms with Crippen molar-refractivity contribution in [2.24, 2.45) is 5.73 Å². The third-order valence-corrected chi connectivity index (χ3v) is 3.58. The minimum Gasteiger partial charge on any atom is -0.319 e. The molecule has 100 valence electrons. The summed E-state index contributed by atoms with van der Waals surface area (Å²) < 4.78 is 13.3. The van der Waals surface area contributed by atoms with Crippen LogP contribution in [0.1, 0.15) is 17.3 Å². The average Bonchev–Trinajstić information content (AvgIpc) is 2.48. The molecule has 2 nitrogen and oxygen atoms in total. The van der Waals surface area contributed by atoms with Gasteiger partial charge in [0.1, 0.15) is 5.82 Å². The molecular formula is C16H12ClFN2. The molecule has 1 aromatic heterocycles. The second-order valence-electron chi connectivity index (χ2n) is 4.57. The summed E-state index contributed by atoms with van der Waals surface area (Å²) >= 11 is 6.08. The summed E-state index contributed by atoms with van der Waals surface area (Å²) in [5.41, 5.74) is 8.22. The van der Waals surface area contributed by atoms with E-state index in [9.17, 15) is 4.39 Å². The summed E-state index contributed by atoms with van der Waals surface area (Å²) in [6.45, 7) is 0. The van der Waals surface area contributed by atoms with Crippen LogP contribution in [0.2, 0.25) is 5.02 Å². The van der Waals surface area contributed by atoms with E-state index in [0.29, 0.717) is 16.3 Å². The highest BCUT2D eigenvalue weighted by Gasteiger charge is 2.15. The molecule has 0 bridgehead atoms. The molecule has 1 heterocycles. The lowest BCUT2D eigenvalue weighted by molar-refractivity contribution is 0.623. The van der Waals surface area contributed by atoms with Gasteiger partial charge in [0.15, 0.2) is 0 Å². The Morgan fingerprint density at radius 1 is 1.05 bits per heavy atom. The molecule has 0 saturated carbocycles. The average molecular weight is 287 g/mol. The summed E-state index contributed by atoms with van der Waals surface area (Å²) in [5.74, 6) is -0.361. The van der Waals surface area contributed by atoms with E-state index in [-0.39, 0.29) is 5.82 Å². The second kappa shape index (κ2) is 5.19. The van der Waals surface area contributed by atoms with Crippen LogP contribution >= 0.6 is 11.6 Å². The molecule has 0 aliphatic carbocycles. The van der Waals surface area contributed by atoms with Crippen LogP contribution in [0.3, 0.4) is 0 Å². The maximum absolute atomic E-state index is 13.3. The Kier molecular flexibility index (Phi) is 3.38. The van der Waals surface area contributed by atoms with Gasteiger partial charge < -0.3 is 5.73 Å². The molecule has 4 heteroatoms. The van der Waals surface area contributed by atoms with Gasteiger partial charge in [-0.2, -0.15) is 0 Å². The number of benzene rings is 2. The first-order valence-electron chi connectivity index (χ1n) is 6.21. The highest BCUT2D eigenvalue weighted by Crippen LogP contribution is 2.27. The number of fused-ring (bicyclic) bond motifs is 1. The highest BCUT2D eigenvalue weighted by atomic mass is 35.5. The van der Waals surface area contributed by atoms with E-state index in [2.05, 4.69) is 4.98 Å². The zero-order valence-electron chi connectivity index (χ0n) is 10.6. The Morgan fingerprint density at radius 3 is 2.70 bits per heavy atom. The van der Waals surface area contributed by atoms with Crippen molar-refractivity contribution in [3.8, 4) is 0 Å². The van der Waals surface area contributed by atoms with Crippen molar-refractivity contribution >= 4 is 22.5 Å². The lowest BCUT2D eigenvalue weighted by atomic mass is 10.0. The molecule has 2 N–H and O–H groups in total. The molecule has 0 spiro atoms. The molecule has 0 fully saturated rings. The zero-order valence-corrected chi connectivity index (χ0v) is 11.3. The third kappa shape index (κ3) is 2.38. The van der Waals surface area contributed by atoms with Crippen LogP contribution in [0.5, 0.6) is 0 Å². The summed E-state index contributed by atoms with van der Waals surface area (Å²) in [6.07, 6.45) is 0. The summed E-state index contributed by atoms with van der Waals surface area (Å²) in [6, 6.07) is 15.2. The van der Waals surface area contributed by atoms with Crippen LogP contribution in [-0.4, -0.2) is 4.98 Å². The van der Waals surface area contributed by atoms with Crippen molar-refractivity contribution in [1.82, 2.24) is 4.98 Å². The van der Waals surface area contributed by atoms with E-state index in [1.165, 1.54) is 18.2 Å². The molecule has 20 heavy (non-hydrogen) atoms. The molecule has 3 aromatic rings. The number of hydrogen-bond donors (Lipinski definition) is 1. The molecular weight excluding hydrogens is 275 g/mol. The molecule has 0 aliphatic rings. The predicted octanol–water partition coefficient (Wildman–Crippen LogP) is 4.08. The van der Waals surface area contributed by atoms with Crippen molar-refractivity contribution in [1.29, 1.82) is 0 Å². The van der Waals surface area contributed by atoms with Crippen molar-refractivity contribution < 1.29 is 4.39 Å². The molecule has 1 unspecified atom stereocenters. The normalized spacial score (nSPS) is 12.6. The van der Waals surface area contributed by atoms with E-state index in [4.69, 9.17) is 17.3 Å². The van der Waals surface area contributed by atoms with E-state index in [1.54, 1.807) is 0 Å². The fourth-order valence-electron chi connectivity index (χ4n) is 2.17. The maximum Gasteiger partial charge on any atom is 0.123 e. The Morgan fingerprint density at radius 2 is 1.85 bits per heavy atom. The van der Waals surface area contributed by atoms with Gasteiger partial charge in [0, 0.05) is 10.4 Å². The first-order valence-corrected chi connectivity index (χ1v) is 6.59. The highest BCUT2D eigenvalue weighted by molar-refractivity contribution is 6.31. The topological polar surface area (TPSA) is 38.9 Å². The van der Waals surface area contributed by atoms with Gasteiger partial charge >= 0.3 is 0 Å². The van der Waals surface area contributed by atoms with Crippen LogP contribution in [0, 0.1) is 5.82 Å². The first-order chi connectivity index (χ1) is 9.65. The monoisotopic (exact) mass is 286 g/mol. The predicted molar refractivity (Wildman–Crippen MR) is 79.2 cm³/mol. The molecule has 0 saturated heterocycles. The lowest BCUT2D eigenvalue weighted by Gasteiger charge is -2.14. The largest absolute Gasteiger partial charge is 0.319 e. The van der Waals surface area contributed by atoms with Crippen molar-refractivity contribution in [2.75, 3.05) is 0 Å². The van der Waals surface area contributed by atoms with E-state index < -0.39 is 6.04 Å². The second-order valence-corrected chi connectivity index (χ2v) is 4.98.